The molecule has 0 radical (unpaired) electrons. The number of nitrogens with zero attached hydrogens (tertiary/aromatic N) is 1. The van der Waals surface area contributed by atoms with Gasteiger partial charge in [0.15, 0.2) is 0 Å². The van der Waals surface area contributed by atoms with Crippen LogP contribution in [0.25, 0.3) is 11.3 Å². The van der Waals surface area contributed by atoms with Crippen LogP contribution in [0.5, 0.6) is 0 Å². The van der Waals surface area contributed by atoms with Crippen LogP contribution in [-0.4, -0.2) is 18.8 Å². The summed E-state index contributed by atoms with van der Waals surface area (Å²) >= 11 is 0. The van der Waals surface area contributed by atoms with E-state index in [2.05, 4.69) is 24.3 Å². The van der Waals surface area contributed by atoms with Gasteiger partial charge >= 0.3 is 0 Å². The highest BCUT2D eigenvalue weighted by Crippen LogP contribution is 2.55. The minimum atomic E-state index is -3.47. The molecule has 0 aromatic heterocycles. The zero-order valence-electron chi connectivity index (χ0n) is 13.1. The summed E-state index contributed by atoms with van der Waals surface area (Å²) in [4.78, 5) is 0.436. The van der Waals surface area contributed by atoms with Crippen molar-refractivity contribution in [1.82, 2.24) is 4.31 Å². The molecule has 2 aromatic rings. The summed E-state index contributed by atoms with van der Waals surface area (Å²) in [6.07, 6.45) is 6.18. The van der Waals surface area contributed by atoms with E-state index in [0.29, 0.717) is 4.90 Å². The van der Waals surface area contributed by atoms with Crippen molar-refractivity contribution < 1.29 is 8.42 Å². The monoisotopic (exact) mass is 335 g/mol. The van der Waals surface area contributed by atoms with Gasteiger partial charge < -0.3 is 0 Å². The first-order chi connectivity index (χ1) is 11.7. The van der Waals surface area contributed by atoms with Gasteiger partial charge in [-0.2, -0.15) is 0 Å². The van der Waals surface area contributed by atoms with E-state index in [9.17, 15) is 8.42 Å². The molecule has 5 rings (SSSR count). The Morgan fingerprint density at radius 2 is 1.71 bits per heavy atom. The van der Waals surface area contributed by atoms with E-state index < -0.39 is 10.0 Å². The molecule has 0 saturated carbocycles. The molecule has 2 aliphatic heterocycles. The van der Waals surface area contributed by atoms with Crippen molar-refractivity contribution in [3.63, 3.8) is 0 Å². The summed E-state index contributed by atoms with van der Waals surface area (Å²) in [5, 5.41) is 0. The second-order valence-electron chi connectivity index (χ2n) is 6.53. The first-order valence-corrected chi connectivity index (χ1v) is 9.74. The SMILES string of the molecule is O=S1(=O)c2ccccc2C2=C(c3ccccc3)[C@@H]3CCC=C[C@@H]3N21. The van der Waals surface area contributed by atoms with Crippen LogP contribution in [0, 0.1) is 5.92 Å². The lowest BCUT2D eigenvalue weighted by atomic mass is 9.82. The summed E-state index contributed by atoms with van der Waals surface area (Å²) in [6.45, 7) is 0. The predicted octanol–water partition coefficient (Wildman–Crippen LogP) is 3.91. The molecule has 0 amide bonds. The summed E-state index contributed by atoms with van der Waals surface area (Å²) in [5.41, 5.74) is 4.04. The molecule has 1 aliphatic carbocycles. The van der Waals surface area contributed by atoms with Gasteiger partial charge in [0.2, 0.25) is 0 Å². The maximum absolute atomic E-state index is 13.2. The van der Waals surface area contributed by atoms with E-state index in [1.54, 1.807) is 16.4 Å². The molecule has 3 nitrogen and oxygen atoms in total. The third kappa shape index (κ3) is 1.69. The van der Waals surface area contributed by atoms with Crippen LogP contribution in [0.2, 0.25) is 0 Å². The van der Waals surface area contributed by atoms with Crippen molar-refractivity contribution in [1.29, 1.82) is 0 Å². The van der Waals surface area contributed by atoms with Crippen molar-refractivity contribution >= 4 is 21.3 Å². The fourth-order valence-electron chi connectivity index (χ4n) is 4.32. The summed E-state index contributed by atoms with van der Waals surface area (Å²) in [7, 11) is -3.47. The molecular weight excluding hydrogens is 318 g/mol. The van der Waals surface area contributed by atoms with Crippen LogP contribution in [0.3, 0.4) is 0 Å². The highest BCUT2D eigenvalue weighted by atomic mass is 32.2. The first-order valence-electron chi connectivity index (χ1n) is 8.30. The highest BCUT2D eigenvalue weighted by Gasteiger charge is 2.51. The average molecular weight is 335 g/mol. The summed E-state index contributed by atoms with van der Waals surface area (Å²) in [6, 6.07) is 17.5. The molecule has 2 heterocycles. The molecule has 2 atom stereocenters. The molecule has 0 bridgehead atoms. The summed E-state index contributed by atoms with van der Waals surface area (Å²) < 4.78 is 28.0. The van der Waals surface area contributed by atoms with Gasteiger partial charge in [-0.15, -0.1) is 0 Å². The number of fused-ring (bicyclic) bond motifs is 5. The standard InChI is InChI=1S/C20H17NO2S/c22-24(23)18-13-7-5-11-16(18)20-19(14-8-2-1-3-9-14)15-10-4-6-12-17(15)21(20)24/h1-3,5-9,11-13,15,17H,4,10H2/t15-,17+/m1/s1. The van der Waals surface area contributed by atoms with Gasteiger partial charge in [-0.25, -0.2) is 8.42 Å². The van der Waals surface area contributed by atoms with Gasteiger partial charge in [-0.1, -0.05) is 60.7 Å². The number of benzene rings is 2. The smallest absolute Gasteiger partial charge is 0.258 e. The molecule has 24 heavy (non-hydrogen) atoms. The molecule has 0 saturated heterocycles. The fraction of sp³-hybridized carbons (Fsp3) is 0.200. The lowest BCUT2D eigenvalue weighted by molar-refractivity contribution is 0.405. The highest BCUT2D eigenvalue weighted by molar-refractivity contribution is 7.90. The quantitative estimate of drug-likeness (QED) is 0.741. The maximum atomic E-state index is 13.2. The molecule has 0 N–H and O–H groups in total. The van der Waals surface area contributed by atoms with Gasteiger partial charge in [-0.3, -0.25) is 4.31 Å². The molecule has 3 aliphatic rings. The third-order valence-corrected chi connectivity index (χ3v) is 7.13. The normalized spacial score (nSPS) is 26.2. The van der Waals surface area contributed by atoms with Crippen LogP contribution in [0.15, 0.2) is 71.6 Å². The molecule has 4 heteroatoms. The Morgan fingerprint density at radius 1 is 0.958 bits per heavy atom. The second-order valence-corrected chi connectivity index (χ2v) is 8.31. The molecule has 0 fully saturated rings. The van der Waals surface area contributed by atoms with Crippen LogP contribution in [-0.2, 0) is 10.0 Å². The number of rotatable bonds is 1. The van der Waals surface area contributed by atoms with Crippen molar-refractivity contribution in [2.75, 3.05) is 0 Å². The van der Waals surface area contributed by atoms with E-state index in [1.807, 2.05) is 30.3 Å². The Morgan fingerprint density at radius 3 is 2.54 bits per heavy atom. The van der Waals surface area contributed by atoms with Crippen molar-refractivity contribution in [3.05, 3.63) is 77.9 Å². The van der Waals surface area contributed by atoms with E-state index >= 15 is 0 Å². The molecule has 2 aromatic carbocycles. The third-order valence-electron chi connectivity index (χ3n) is 5.27. The van der Waals surface area contributed by atoms with E-state index in [1.165, 1.54) is 5.57 Å². The zero-order valence-corrected chi connectivity index (χ0v) is 13.9. The Kier molecular flexibility index (Phi) is 2.83. The van der Waals surface area contributed by atoms with Crippen LogP contribution in [0.1, 0.15) is 24.0 Å². The van der Waals surface area contributed by atoms with Crippen LogP contribution < -0.4 is 0 Å². The largest absolute Gasteiger partial charge is 0.265 e. The summed E-state index contributed by atoms with van der Waals surface area (Å²) in [5.74, 6) is 0.232. The van der Waals surface area contributed by atoms with E-state index in [4.69, 9.17) is 0 Å². The van der Waals surface area contributed by atoms with Crippen molar-refractivity contribution in [2.45, 2.75) is 23.8 Å². The molecule has 0 spiro atoms. The molecular formula is C20H17NO2S. The zero-order chi connectivity index (χ0) is 16.3. The average Bonchev–Trinajstić information content (AvgIpc) is 3.08. The fourth-order valence-corrected chi connectivity index (χ4v) is 6.20. The Labute approximate surface area is 142 Å². The van der Waals surface area contributed by atoms with Gasteiger partial charge in [0.25, 0.3) is 10.0 Å². The maximum Gasteiger partial charge on any atom is 0.265 e. The number of hydrogen-bond acceptors (Lipinski definition) is 2. The second kappa shape index (κ2) is 4.84. The van der Waals surface area contributed by atoms with Gasteiger partial charge in [0, 0.05) is 11.5 Å². The van der Waals surface area contributed by atoms with E-state index in [-0.39, 0.29) is 12.0 Å². The van der Waals surface area contributed by atoms with E-state index in [0.717, 1.165) is 29.7 Å². The predicted molar refractivity (Wildman–Crippen MR) is 94.4 cm³/mol. The lowest BCUT2D eigenvalue weighted by Gasteiger charge is -2.28. The number of sulfonamides is 1. The Hall–Kier alpha value is -2.33. The van der Waals surface area contributed by atoms with Gasteiger partial charge in [0.1, 0.15) is 0 Å². The van der Waals surface area contributed by atoms with Crippen molar-refractivity contribution in [3.8, 4) is 0 Å². The number of hydrogen-bond donors (Lipinski definition) is 0. The van der Waals surface area contributed by atoms with Gasteiger partial charge in [-0.05, 0) is 30.0 Å². The first kappa shape index (κ1) is 14.1. The van der Waals surface area contributed by atoms with Gasteiger partial charge in [0.05, 0.1) is 16.6 Å². The lowest BCUT2D eigenvalue weighted by Crippen LogP contribution is -2.35. The van der Waals surface area contributed by atoms with Crippen LogP contribution in [0.4, 0.5) is 0 Å². The minimum Gasteiger partial charge on any atom is -0.258 e. The topological polar surface area (TPSA) is 37.4 Å². The van der Waals surface area contributed by atoms with Crippen molar-refractivity contribution in [2.24, 2.45) is 5.92 Å². The number of allylic oxidation sites excluding steroid dienone is 1. The minimum absolute atomic E-state index is 0.0960. The molecule has 120 valence electrons. The van der Waals surface area contributed by atoms with Crippen LogP contribution >= 0.6 is 0 Å². The Bertz CT molecular complexity index is 989. The Balaban J connectivity index is 1.87. The molecule has 0 unspecified atom stereocenters.